The predicted molar refractivity (Wildman–Crippen MR) is 81.5 cm³/mol. The van der Waals surface area contributed by atoms with Crippen molar-refractivity contribution < 1.29 is 14.3 Å². The molecule has 0 aliphatic heterocycles. The first-order valence-electron chi connectivity index (χ1n) is 6.76. The van der Waals surface area contributed by atoms with Crippen molar-refractivity contribution in [3.05, 3.63) is 33.6 Å². The van der Waals surface area contributed by atoms with Gasteiger partial charge >= 0.3 is 5.97 Å². The molecule has 2 aromatic rings. The van der Waals surface area contributed by atoms with E-state index in [0.717, 1.165) is 20.6 Å². The molecule has 2 heterocycles. The number of esters is 1. The van der Waals surface area contributed by atoms with Crippen LogP contribution in [0.15, 0.2) is 18.0 Å². The van der Waals surface area contributed by atoms with E-state index < -0.39 is 0 Å². The number of fused-ring (bicyclic) bond motifs is 3. The minimum atomic E-state index is -0.351. The van der Waals surface area contributed by atoms with Crippen LogP contribution in [0.3, 0.4) is 0 Å². The minimum Gasteiger partial charge on any atom is -0.497 e. The number of aromatic nitrogens is 2. The van der Waals surface area contributed by atoms with Gasteiger partial charge in [0, 0.05) is 0 Å². The molecule has 21 heavy (non-hydrogen) atoms. The number of carbonyl (C=O) groups excluding carboxylic acids is 1. The summed E-state index contributed by atoms with van der Waals surface area (Å²) in [5.41, 5.74) is 0.460. The van der Waals surface area contributed by atoms with Crippen LogP contribution in [-0.4, -0.2) is 29.1 Å². The molecule has 1 aliphatic carbocycles. The van der Waals surface area contributed by atoms with Gasteiger partial charge in [0.1, 0.15) is 5.76 Å². The first-order chi connectivity index (χ1) is 10.1. The van der Waals surface area contributed by atoms with Gasteiger partial charge in [0.15, 0.2) is 10.7 Å². The van der Waals surface area contributed by atoms with Gasteiger partial charge in [-0.1, -0.05) is 24.3 Å². The van der Waals surface area contributed by atoms with Gasteiger partial charge in [0.25, 0.3) is 0 Å². The van der Waals surface area contributed by atoms with E-state index in [0.29, 0.717) is 12.3 Å². The molecule has 0 aromatic carbocycles. The maximum absolute atomic E-state index is 12.1. The summed E-state index contributed by atoms with van der Waals surface area (Å²) in [5, 5.41) is 0.964. The highest BCUT2D eigenvalue weighted by Gasteiger charge is 2.17. The van der Waals surface area contributed by atoms with Gasteiger partial charge in [0.05, 0.1) is 29.8 Å². The highest BCUT2D eigenvalue weighted by Crippen LogP contribution is 2.13. The maximum Gasteiger partial charge on any atom is 0.357 e. The molecule has 0 saturated heterocycles. The fraction of sp³-hybridized carbons (Fsp3) is 0.333. The van der Waals surface area contributed by atoms with Gasteiger partial charge in [0.2, 0.25) is 0 Å². The molecule has 0 radical (unpaired) electrons. The molecule has 1 unspecified atom stereocenters. The number of nitrogens with zero attached hydrogens (tertiary/aromatic N) is 2. The van der Waals surface area contributed by atoms with Crippen molar-refractivity contribution >= 4 is 34.4 Å². The minimum absolute atomic E-state index is 0.202. The van der Waals surface area contributed by atoms with E-state index in [-0.39, 0.29) is 11.9 Å². The molecule has 0 N–H and O–H groups in total. The van der Waals surface area contributed by atoms with Gasteiger partial charge in [-0.3, -0.25) is 4.40 Å². The van der Waals surface area contributed by atoms with Crippen LogP contribution < -0.4 is 9.88 Å². The Labute approximate surface area is 125 Å². The van der Waals surface area contributed by atoms with Crippen LogP contribution >= 0.6 is 11.3 Å². The van der Waals surface area contributed by atoms with Crippen LogP contribution in [0, 0.1) is 5.92 Å². The first-order valence-corrected chi connectivity index (χ1v) is 7.58. The third kappa shape index (κ3) is 2.35. The average Bonchev–Trinajstić information content (AvgIpc) is 2.94. The maximum atomic E-state index is 12.1. The summed E-state index contributed by atoms with van der Waals surface area (Å²) in [6.07, 6.45) is 7.69. The molecule has 0 bridgehead atoms. The first kappa shape index (κ1) is 13.9. The Balaban J connectivity index is 2.28. The van der Waals surface area contributed by atoms with Crippen molar-refractivity contribution in [3.63, 3.8) is 0 Å². The van der Waals surface area contributed by atoms with E-state index >= 15 is 0 Å². The van der Waals surface area contributed by atoms with Crippen molar-refractivity contribution in [1.82, 2.24) is 9.38 Å². The number of hydrogen-bond donors (Lipinski definition) is 0. The van der Waals surface area contributed by atoms with E-state index in [4.69, 9.17) is 9.47 Å². The largest absolute Gasteiger partial charge is 0.497 e. The van der Waals surface area contributed by atoms with E-state index in [1.165, 1.54) is 11.3 Å². The van der Waals surface area contributed by atoms with Crippen LogP contribution in [0.4, 0.5) is 0 Å². The summed E-state index contributed by atoms with van der Waals surface area (Å²) in [6.45, 7) is 4.22. The van der Waals surface area contributed by atoms with E-state index in [9.17, 15) is 4.79 Å². The van der Waals surface area contributed by atoms with Gasteiger partial charge < -0.3 is 9.47 Å². The molecule has 0 spiro atoms. The smallest absolute Gasteiger partial charge is 0.357 e. The number of thiazole rings is 1. The Hall–Kier alpha value is -2.08. The molecule has 0 fully saturated rings. The lowest BCUT2D eigenvalue weighted by atomic mass is 10.1. The molecular weight excluding hydrogens is 288 g/mol. The molecule has 2 aromatic heterocycles. The Bertz CT molecular complexity index is 844. The summed E-state index contributed by atoms with van der Waals surface area (Å²) < 4.78 is 13.3. The average molecular weight is 304 g/mol. The van der Waals surface area contributed by atoms with Crippen LogP contribution in [-0.2, 0) is 9.47 Å². The number of methoxy groups -OCH3 is 1. The van der Waals surface area contributed by atoms with Crippen LogP contribution in [0.5, 0.6) is 0 Å². The Kier molecular flexibility index (Phi) is 3.55. The second-order valence-corrected chi connectivity index (χ2v) is 5.79. The Morgan fingerprint density at radius 2 is 2.29 bits per heavy atom. The molecule has 3 rings (SSSR count). The Morgan fingerprint density at radius 3 is 3.00 bits per heavy atom. The highest BCUT2D eigenvalue weighted by molar-refractivity contribution is 7.15. The number of rotatable bonds is 3. The molecule has 110 valence electrons. The fourth-order valence-electron chi connectivity index (χ4n) is 2.37. The summed E-state index contributed by atoms with van der Waals surface area (Å²) in [5.74, 6) is 0.670. The monoisotopic (exact) mass is 304 g/mol. The quantitative estimate of drug-likeness (QED) is 0.803. The zero-order valence-electron chi connectivity index (χ0n) is 12.1. The topological polar surface area (TPSA) is 52.8 Å². The fourth-order valence-corrected chi connectivity index (χ4v) is 3.40. The normalized spacial score (nSPS) is 17.3. The lowest BCUT2D eigenvalue weighted by Gasteiger charge is -2.01. The molecular formula is C15H16N2O3S. The number of carbonyl (C=O) groups is 1. The third-order valence-corrected chi connectivity index (χ3v) is 4.28. The van der Waals surface area contributed by atoms with Crippen LogP contribution in [0.1, 0.15) is 24.3 Å². The SMILES string of the molecule is CCOC(=O)c1cnc2sc3c(n12)=CC(C)C=C(OC)C=3. The van der Waals surface area contributed by atoms with Crippen molar-refractivity contribution in [2.24, 2.45) is 5.92 Å². The standard InChI is InChI=1S/C15H16N2O3S/c1-4-20-14(18)12-8-16-15-17(12)11-6-9(2)5-10(19-3)7-13(11)21-15/h5-9H,4H2,1-3H3. The molecule has 0 saturated carbocycles. The summed E-state index contributed by atoms with van der Waals surface area (Å²) in [4.78, 5) is 17.1. The number of ether oxygens (including phenoxy) is 2. The van der Waals surface area contributed by atoms with E-state index in [2.05, 4.69) is 18.0 Å². The van der Waals surface area contributed by atoms with E-state index in [1.54, 1.807) is 20.2 Å². The molecule has 1 atom stereocenters. The second kappa shape index (κ2) is 5.37. The summed E-state index contributed by atoms with van der Waals surface area (Å²) in [6, 6.07) is 0. The molecule has 0 amide bonds. The third-order valence-electron chi connectivity index (χ3n) is 3.27. The van der Waals surface area contributed by atoms with Crippen LogP contribution in [0.25, 0.3) is 17.1 Å². The summed E-state index contributed by atoms with van der Waals surface area (Å²) >= 11 is 1.53. The summed E-state index contributed by atoms with van der Waals surface area (Å²) in [7, 11) is 1.66. The zero-order valence-corrected chi connectivity index (χ0v) is 12.9. The lowest BCUT2D eigenvalue weighted by Crippen LogP contribution is -2.27. The van der Waals surface area contributed by atoms with Gasteiger partial charge in [-0.25, -0.2) is 9.78 Å². The number of hydrogen-bond acceptors (Lipinski definition) is 5. The van der Waals surface area contributed by atoms with Gasteiger partial charge in [-0.2, -0.15) is 0 Å². The Morgan fingerprint density at radius 1 is 1.48 bits per heavy atom. The zero-order chi connectivity index (χ0) is 15.0. The van der Waals surface area contributed by atoms with Crippen molar-refractivity contribution in [2.45, 2.75) is 13.8 Å². The van der Waals surface area contributed by atoms with Crippen molar-refractivity contribution in [3.8, 4) is 0 Å². The van der Waals surface area contributed by atoms with Gasteiger partial charge in [-0.05, 0) is 25.0 Å². The second-order valence-electron chi connectivity index (χ2n) is 4.78. The van der Waals surface area contributed by atoms with Gasteiger partial charge in [-0.15, -0.1) is 0 Å². The van der Waals surface area contributed by atoms with E-state index in [1.807, 2.05) is 16.6 Å². The molecule has 5 nitrogen and oxygen atoms in total. The number of imidazole rings is 1. The molecule has 6 heteroatoms. The number of allylic oxidation sites excluding steroid dienone is 2. The predicted octanol–water partition coefficient (Wildman–Crippen LogP) is 1.31. The lowest BCUT2D eigenvalue weighted by molar-refractivity contribution is 0.0518. The van der Waals surface area contributed by atoms with Crippen molar-refractivity contribution in [2.75, 3.05) is 13.7 Å². The van der Waals surface area contributed by atoms with Crippen LogP contribution in [0.2, 0.25) is 0 Å². The highest BCUT2D eigenvalue weighted by atomic mass is 32.1. The molecule has 1 aliphatic rings. The van der Waals surface area contributed by atoms with Crippen molar-refractivity contribution in [1.29, 1.82) is 0 Å².